The van der Waals surface area contributed by atoms with Crippen LogP contribution in [0.25, 0.3) is 0 Å². The number of Topliss-reactive ketones (excluding diaryl/α,β-unsaturated/α-hetero) is 1. The van der Waals surface area contributed by atoms with Gasteiger partial charge in [0.2, 0.25) is 0 Å². The number of carbonyl (C=O) groups is 2. The standard InChI is InChI=1S/C28H33I3O3/c1-15(32)20-6-7-21-19-5-4-17-14-18(8-10-27(17,2)22(19)9-11-28(20,21)3)34-26(33)16-12-23(29)25(31)24(30)13-16/h4,12-13,18-22H,5-11,14H2,1-3H3. The number of ether oxygens (including phenoxy) is 1. The normalized spacial score (nSPS) is 38.9. The summed E-state index contributed by atoms with van der Waals surface area (Å²) in [6.45, 7) is 6.71. The minimum atomic E-state index is -0.190. The average Bonchev–Trinajstić information content (AvgIpc) is 3.15. The van der Waals surface area contributed by atoms with Crippen LogP contribution in [0.3, 0.4) is 0 Å². The zero-order valence-electron chi connectivity index (χ0n) is 20.1. The highest BCUT2D eigenvalue weighted by molar-refractivity contribution is 14.1. The molecule has 3 saturated carbocycles. The average molecular weight is 798 g/mol. The molecule has 6 heteroatoms. The maximum Gasteiger partial charge on any atom is 0.338 e. The molecule has 3 fully saturated rings. The molecule has 0 N–H and O–H groups in total. The predicted octanol–water partition coefficient (Wildman–Crippen LogP) is 8.19. The van der Waals surface area contributed by atoms with Crippen molar-refractivity contribution in [3.05, 3.63) is 40.1 Å². The van der Waals surface area contributed by atoms with Crippen molar-refractivity contribution in [1.29, 1.82) is 0 Å². The van der Waals surface area contributed by atoms with Crippen LogP contribution in [0.1, 0.15) is 82.5 Å². The van der Waals surface area contributed by atoms with Crippen molar-refractivity contribution in [1.82, 2.24) is 0 Å². The van der Waals surface area contributed by atoms with Crippen molar-refractivity contribution < 1.29 is 14.3 Å². The van der Waals surface area contributed by atoms with Gasteiger partial charge < -0.3 is 4.74 Å². The molecule has 1 aromatic rings. The SMILES string of the molecule is CC(=O)C1CCC2C3CC=C4CC(OC(=O)c5cc(I)c(I)c(I)c5)CCC4(C)C3CCC12C. The first-order valence-corrected chi connectivity index (χ1v) is 15.8. The lowest BCUT2D eigenvalue weighted by Gasteiger charge is -2.58. The van der Waals surface area contributed by atoms with Crippen LogP contribution in [-0.2, 0) is 9.53 Å². The summed E-state index contributed by atoms with van der Waals surface area (Å²) in [4.78, 5) is 25.3. The third-order valence-corrected chi connectivity index (χ3v) is 15.0. The molecule has 0 bridgehead atoms. The van der Waals surface area contributed by atoms with E-state index in [-0.39, 0.29) is 28.8 Å². The van der Waals surface area contributed by atoms with E-state index in [1.807, 2.05) is 19.1 Å². The summed E-state index contributed by atoms with van der Waals surface area (Å²) < 4.78 is 9.43. The second-order valence-electron chi connectivity index (χ2n) is 11.6. The molecule has 7 unspecified atom stereocenters. The van der Waals surface area contributed by atoms with Crippen molar-refractivity contribution in [3.8, 4) is 0 Å². The Balaban J connectivity index is 1.31. The highest BCUT2D eigenvalue weighted by Gasteiger charge is 2.59. The van der Waals surface area contributed by atoms with Gasteiger partial charge in [0.1, 0.15) is 11.9 Å². The summed E-state index contributed by atoms with van der Waals surface area (Å²) in [7, 11) is 0. The number of halogens is 3. The second-order valence-corrected chi connectivity index (χ2v) is 15.0. The summed E-state index contributed by atoms with van der Waals surface area (Å²) >= 11 is 6.91. The molecule has 4 aliphatic rings. The molecule has 34 heavy (non-hydrogen) atoms. The van der Waals surface area contributed by atoms with Crippen LogP contribution in [0.5, 0.6) is 0 Å². The lowest BCUT2D eigenvalue weighted by Crippen LogP contribution is -2.51. The maximum atomic E-state index is 13.0. The third-order valence-electron chi connectivity index (χ3n) is 10.0. The number of ketones is 1. The van der Waals surface area contributed by atoms with E-state index < -0.39 is 0 Å². The zero-order chi connectivity index (χ0) is 24.4. The van der Waals surface area contributed by atoms with Crippen molar-refractivity contribution >= 4 is 79.5 Å². The van der Waals surface area contributed by atoms with E-state index in [2.05, 4.69) is 87.7 Å². The van der Waals surface area contributed by atoms with Crippen LogP contribution in [0.2, 0.25) is 0 Å². The number of fused-ring (bicyclic) bond motifs is 5. The number of carbonyl (C=O) groups excluding carboxylic acids is 2. The van der Waals surface area contributed by atoms with Gasteiger partial charge in [-0.1, -0.05) is 25.5 Å². The molecular formula is C28H33I3O3. The Hall–Kier alpha value is 0.290. The largest absolute Gasteiger partial charge is 0.458 e. The minimum absolute atomic E-state index is 0.0274. The molecule has 0 amide bonds. The van der Waals surface area contributed by atoms with Gasteiger partial charge in [0.05, 0.1) is 5.56 Å². The Kier molecular flexibility index (Phi) is 7.28. The van der Waals surface area contributed by atoms with Crippen molar-refractivity contribution in [2.75, 3.05) is 0 Å². The lowest BCUT2D eigenvalue weighted by molar-refractivity contribution is -0.127. The number of benzene rings is 1. The van der Waals surface area contributed by atoms with Gasteiger partial charge in [0.25, 0.3) is 0 Å². The van der Waals surface area contributed by atoms with Crippen molar-refractivity contribution in [3.63, 3.8) is 0 Å². The Morgan fingerprint density at radius 3 is 2.35 bits per heavy atom. The molecule has 0 saturated heterocycles. The van der Waals surface area contributed by atoms with Crippen molar-refractivity contribution in [2.45, 2.75) is 78.2 Å². The molecule has 1 aromatic carbocycles. The van der Waals surface area contributed by atoms with E-state index in [1.54, 1.807) is 0 Å². The zero-order valence-corrected chi connectivity index (χ0v) is 26.6. The third kappa shape index (κ3) is 4.25. The molecule has 0 heterocycles. The number of hydrogen-bond acceptors (Lipinski definition) is 3. The van der Waals surface area contributed by atoms with Crippen LogP contribution in [0.15, 0.2) is 23.8 Å². The van der Waals surface area contributed by atoms with Gasteiger partial charge in [-0.15, -0.1) is 0 Å². The first-order chi connectivity index (χ1) is 16.0. The van der Waals surface area contributed by atoms with E-state index >= 15 is 0 Å². The highest BCUT2D eigenvalue weighted by Crippen LogP contribution is 2.66. The van der Waals surface area contributed by atoms with E-state index in [0.717, 1.165) is 39.2 Å². The first-order valence-electron chi connectivity index (χ1n) is 12.6. The van der Waals surface area contributed by atoms with Gasteiger partial charge in [-0.25, -0.2) is 4.79 Å². The molecule has 4 aliphatic carbocycles. The van der Waals surface area contributed by atoms with Gasteiger partial charge in [0, 0.05) is 23.0 Å². The summed E-state index contributed by atoms with van der Waals surface area (Å²) in [6.07, 6.45) is 11.3. The van der Waals surface area contributed by atoms with E-state index in [1.165, 1.54) is 28.4 Å². The number of allylic oxidation sites excluding steroid dienone is 1. The minimum Gasteiger partial charge on any atom is -0.458 e. The van der Waals surface area contributed by atoms with Crippen LogP contribution < -0.4 is 0 Å². The summed E-state index contributed by atoms with van der Waals surface area (Å²) in [5, 5.41) is 0. The van der Waals surface area contributed by atoms with E-state index in [4.69, 9.17) is 4.74 Å². The van der Waals surface area contributed by atoms with Gasteiger partial charge in [-0.05, 0) is 160 Å². The lowest BCUT2D eigenvalue weighted by atomic mass is 9.47. The topological polar surface area (TPSA) is 43.4 Å². The van der Waals surface area contributed by atoms with Gasteiger partial charge >= 0.3 is 5.97 Å². The Morgan fingerprint density at radius 1 is 0.971 bits per heavy atom. The van der Waals surface area contributed by atoms with E-state index in [9.17, 15) is 9.59 Å². The molecule has 0 spiro atoms. The molecule has 0 aromatic heterocycles. The fraction of sp³-hybridized carbons (Fsp3) is 0.643. The van der Waals surface area contributed by atoms with Crippen LogP contribution in [-0.4, -0.2) is 17.9 Å². The second kappa shape index (κ2) is 9.55. The predicted molar refractivity (Wildman–Crippen MR) is 160 cm³/mol. The fourth-order valence-electron chi connectivity index (χ4n) is 8.29. The molecular weight excluding hydrogens is 765 g/mol. The van der Waals surface area contributed by atoms with Gasteiger partial charge in [-0.3, -0.25) is 4.79 Å². The van der Waals surface area contributed by atoms with E-state index in [0.29, 0.717) is 29.1 Å². The summed E-state index contributed by atoms with van der Waals surface area (Å²) in [5.41, 5.74) is 2.60. The Morgan fingerprint density at radius 2 is 1.68 bits per heavy atom. The fourth-order valence-corrected chi connectivity index (χ4v) is 10.4. The summed E-state index contributed by atoms with van der Waals surface area (Å²) in [5.74, 6) is 2.56. The number of rotatable bonds is 3. The quantitative estimate of drug-likeness (QED) is 0.134. The van der Waals surface area contributed by atoms with Crippen LogP contribution in [0, 0.1) is 45.2 Å². The van der Waals surface area contributed by atoms with Crippen LogP contribution >= 0.6 is 67.8 Å². The molecule has 5 rings (SSSR count). The highest BCUT2D eigenvalue weighted by atomic mass is 127. The first kappa shape index (κ1) is 25.9. The smallest absolute Gasteiger partial charge is 0.338 e. The monoisotopic (exact) mass is 798 g/mol. The number of hydrogen-bond donors (Lipinski definition) is 0. The van der Waals surface area contributed by atoms with Gasteiger partial charge in [-0.2, -0.15) is 0 Å². The molecule has 3 nitrogen and oxygen atoms in total. The van der Waals surface area contributed by atoms with Crippen LogP contribution in [0.4, 0.5) is 0 Å². The molecule has 7 atom stereocenters. The van der Waals surface area contributed by atoms with Gasteiger partial charge in [0.15, 0.2) is 0 Å². The molecule has 184 valence electrons. The Labute approximate surface area is 244 Å². The maximum absolute atomic E-state index is 13.0. The van der Waals surface area contributed by atoms with Crippen molar-refractivity contribution in [2.24, 2.45) is 34.5 Å². The molecule has 0 aliphatic heterocycles. The molecule has 0 radical (unpaired) electrons. The number of esters is 1. The summed E-state index contributed by atoms with van der Waals surface area (Å²) in [6, 6.07) is 3.89. The Bertz CT molecular complexity index is 1040.